The zero-order chi connectivity index (χ0) is 15.5. The fraction of sp³-hybridized carbons (Fsp3) is 0.267. The average molecular weight is 305 g/mol. The van der Waals surface area contributed by atoms with E-state index in [-0.39, 0.29) is 6.54 Å². The molecule has 0 aliphatic heterocycles. The van der Waals surface area contributed by atoms with Crippen LogP contribution in [0.15, 0.2) is 47.5 Å². The molecule has 1 aromatic heterocycles. The van der Waals surface area contributed by atoms with Gasteiger partial charge in [-0.05, 0) is 36.2 Å². The molecule has 5 nitrogen and oxygen atoms in total. The smallest absolute Gasteiger partial charge is 0.243 e. The molecule has 2 rings (SSSR count). The van der Waals surface area contributed by atoms with Crippen LogP contribution in [0, 0.1) is 6.92 Å². The van der Waals surface area contributed by atoms with E-state index in [9.17, 15) is 8.42 Å². The number of benzene rings is 1. The summed E-state index contributed by atoms with van der Waals surface area (Å²) in [5, 5.41) is 0. The number of nitrogens with two attached hydrogens (primary N) is 1. The van der Waals surface area contributed by atoms with Gasteiger partial charge in [0, 0.05) is 19.8 Å². The summed E-state index contributed by atoms with van der Waals surface area (Å²) in [6, 6.07) is 10.7. The molecular weight excluding hydrogens is 286 g/mol. The highest BCUT2D eigenvalue weighted by atomic mass is 32.2. The highest BCUT2D eigenvalue weighted by Crippen LogP contribution is 2.21. The van der Waals surface area contributed by atoms with Crippen LogP contribution in [0.5, 0.6) is 0 Å². The third-order valence-electron chi connectivity index (χ3n) is 3.29. The first-order valence-electron chi connectivity index (χ1n) is 6.61. The third-order valence-corrected chi connectivity index (χ3v) is 5.23. The predicted octanol–water partition coefficient (Wildman–Crippen LogP) is 1.67. The molecule has 1 heterocycles. The summed E-state index contributed by atoms with van der Waals surface area (Å²) in [6.45, 7) is 2.32. The van der Waals surface area contributed by atoms with Gasteiger partial charge >= 0.3 is 0 Å². The molecule has 6 heteroatoms. The largest absolute Gasteiger partial charge is 0.326 e. The second kappa shape index (κ2) is 6.34. The fourth-order valence-electron chi connectivity index (χ4n) is 2.02. The second-order valence-electron chi connectivity index (χ2n) is 4.89. The van der Waals surface area contributed by atoms with Gasteiger partial charge in [-0.2, -0.15) is 4.31 Å². The van der Waals surface area contributed by atoms with Gasteiger partial charge in [0.05, 0.1) is 17.1 Å². The highest BCUT2D eigenvalue weighted by Gasteiger charge is 2.23. The first-order valence-corrected chi connectivity index (χ1v) is 8.05. The van der Waals surface area contributed by atoms with Crippen molar-refractivity contribution in [3.8, 4) is 0 Å². The van der Waals surface area contributed by atoms with Crippen LogP contribution in [0.2, 0.25) is 0 Å². The number of aromatic nitrogens is 1. The summed E-state index contributed by atoms with van der Waals surface area (Å²) >= 11 is 0. The Morgan fingerprint density at radius 2 is 2.00 bits per heavy atom. The Bertz CT molecular complexity index is 715. The van der Waals surface area contributed by atoms with Gasteiger partial charge in [0.1, 0.15) is 0 Å². The minimum Gasteiger partial charge on any atom is -0.326 e. The summed E-state index contributed by atoms with van der Waals surface area (Å²) in [4.78, 5) is 4.45. The Labute approximate surface area is 125 Å². The molecule has 2 N–H and O–H groups in total. The van der Waals surface area contributed by atoms with Gasteiger partial charge < -0.3 is 5.73 Å². The topological polar surface area (TPSA) is 76.3 Å². The van der Waals surface area contributed by atoms with Crippen molar-refractivity contribution >= 4 is 10.0 Å². The number of sulfonamides is 1. The molecule has 0 aliphatic carbocycles. The van der Waals surface area contributed by atoms with Crippen LogP contribution in [0.1, 0.15) is 16.8 Å². The quantitative estimate of drug-likeness (QED) is 0.911. The van der Waals surface area contributed by atoms with Crippen LogP contribution in [0.4, 0.5) is 0 Å². The summed E-state index contributed by atoms with van der Waals surface area (Å²) in [7, 11) is -2.01. The van der Waals surface area contributed by atoms with E-state index < -0.39 is 10.0 Å². The molecule has 21 heavy (non-hydrogen) atoms. The van der Waals surface area contributed by atoms with E-state index in [1.54, 1.807) is 44.4 Å². The standard InChI is InChI=1S/C15H19N3O2S/c1-12-6-7-13(10-16)9-15(12)21(19,20)18(2)11-14-5-3-4-8-17-14/h3-9H,10-11,16H2,1-2H3. The molecular formula is C15H19N3O2S. The van der Waals surface area contributed by atoms with Crippen LogP contribution >= 0.6 is 0 Å². The first kappa shape index (κ1) is 15.6. The SMILES string of the molecule is Cc1ccc(CN)cc1S(=O)(=O)N(C)Cc1ccccn1. The average Bonchev–Trinajstić information content (AvgIpc) is 2.48. The van der Waals surface area contributed by atoms with Crippen molar-refractivity contribution in [2.24, 2.45) is 5.73 Å². The predicted molar refractivity (Wildman–Crippen MR) is 82.0 cm³/mol. The number of hydrogen-bond acceptors (Lipinski definition) is 4. The van der Waals surface area contributed by atoms with Crippen molar-refractivity contribution in [3.63, 3.8) is 0 Å². The van der Waals surface area contributed by atoms with E-state index in [4.69, 9.17) is 5.73 Å². The number of pyridine rings is 1. The molecule has 1 aromatic carbocycles. The van der Waals surface area contributed by atoms with Crippen molar-refractivity contribution in [2.45, 2.75) is 24.9 Å². The molecule has 0 atom stereocenters. The minimum absolute atomic E-state index is 0.232. The van der Waals surface area contributed by atoms with Crippen LogP contribution in [0.25, 0.3) is 0 Å². The summed E-state index contributed by atoms with van der Waals surface area (Å²) in [5.74, 6) is 0. The lowest BCUT2D eigenvalue weighted by Gasteiger charge is -2.18. The minimum atomic E-state index is -3.56. The molecule has 0 bridgehead atoms. The van der Waals surface area contributed by atoms with E-state index in [1.165, 1.54) is 4.31 Å². The van der Waals surface area contributed by atoms with Gasteiger partial charge in [-0.3, -0.25) is 4.98 Å². The summed E-state index contributed by atoms with van der Waals surface area (Å²) < 4.78 is 26.7. The first-order chi connectivity index (χ1) is 9.95. The zero-order valence-corrected chi connectivity index (χ0v) is 13.0. The lowest BCUT2D eigenvalue weighted by molar-refractivity contribution is 0.461. The molecule has 0 radical (unpaired) electrons. The van der Waals surface area contributed by atoms with Gasteiger partial charge in [0.25, 0.3) is 0 Å². The van der Waals surface area contributed by atoms with E-state index in [1.807, 2.05) is 12.1 Å². The number of rotatable bonds is 5. The Balaban J connectivity index is 2.33. The normalized spacial score (nSPS) is 11.8. The van der Waals surface area contributed by atoms with Gasteiger partial charge in [-0.15, -0.1) is 0 Å². The van der Waals surface area contributed by atoms with E-state index in [0.29, 0.717) is 22.7 Å². The summed E-state index contributed by atoms with van der Waals surface area (Å²) in [6.07, 6.45) is 1.65. The van der Waals surface area contributed by atoms with E-state index in [2.05, 4.69) is 4.98 Å². The third kappa shape index (κ3) is 3.47. The molecule has 0 saturated carbocycles. The van der Waals surface area contributed by atoms with Crippen LogP contribution in [0.3, 0.4) is 0 Å². The Morgan fingerprint density at radius 3 is 2.62 bits per heavy atom. The van der Waals surface area contributed by atoms with Gasteiger partial charge in [-0.25, -0.2) is 8.42 Å². The van der Waals surface area contributed by atoms with Gasteiger partial charge in [0.2, 0.25) is 10.0 Å². The Morgan fingerprint density at radius 1 is 1.24 bits per heavy atom. The van der Waals surface area contributed by atoms with Gasteiger partial charge in [0.15, 0.2) is 0 Å². The molecule has 2 aromatic rings. The second-order valence-corrected chi connectivity index (χ2v) is 6.90. The zero-order valence-electron chi connectivity index (χ0n) is 12.2. The van der Waals surface area contributed by atoms with Crippen LogP contribution < -0.4 is 5.73 Å². The fourth-order valence-corrected chi connectivity index (χ4v) is 3.44. The summed E-state index contributed by atoms with van der Waals surface area (Å²) in [5.41, 5.74) is 7.80. The molecule has 0 fully saturated rings. The van der Waals surface area contributed by atoms with Crippen molar-refractivity contribution in [1.29, 1.82) is 0 Å². The van der Waals surface area contributed by atoms with Crippen LogP contribution in [-0.2, 0) is 23.1 Å². The number of nitrogens with zero attached hydrogens (tertiary/aromatic N) is 2. The Kier molecular flexibility index (Phi) is 4.72. The van der Waals surface area contributed by atoms with E-state index in [0.717, 1.165) is 5.56 Å². The monoisotopic (exact) mass is 305 g/mol. The lowest BCUT2D eigenvalue weighted by atomic mass is 10.1. The molecule has 0 amide bonds. The van der Waals surface area contributed by atoms with E-state index >= 15 is 0 Å². The molecule has 0 unspecified atom stereocenters. The maximum Gasteiger partial charge on any atom is 0.243 e. The van der Waals surface area contributed by atoms with Crippen molar-refractivity contribution in [1.82, 2.24) is 9.29 Å². The van der Waals surface area contributed by atoms with Crippen molar-refractivity contribution in [2.75, 3.05) is 7.05 Å². The molecule has 0 aliphatic rings. The number of hydrogen-bond donors (Lipinski definition) is 1. The highest BCUT2D eigenvalue weighted by molar-refractivity contribution is 7.89. The maximum absolute atomic E-state index is 12.7. The molecule has 0 saturated heterocycles. The number of aryl methyl sites for hydroxylation is 1. The lowest BCUT2D eigenvalue weighted by Crippen LogP contribution is -2.27. The van der Waals surface area contributed by atoms with Gasteiger partial charge in [-0.1, -0.05) is 18.2 Å². The van der Waals surface area contributed by atoms with Crippen molar-refractivity contribution < 1.29 is 8.42 Å². The maximum atomic E-state index is 12.7. The van der Waals surface area contributed by atoms with Crippen LogP contribution in [-0.4, -0.2) is 24.8 Å². The molecule has 0 spiro atoms. The van der Waals surface area contributed by atoms with Crippen molar-refractivity contribution in [3.05, 3.63) is 59.4 Å². The molecule has 112 valence electrons. The Hall–Kier alpha value is -1.76.